The molecule has 2 aromatic carbocycles. The maximum Gasteiger partial charge on any atom is 0.272 e. The molecule has 0 atom stereocenters. The largest absolute Gasteiger partial charge is 0.284 e. The number of rotatable bonds is 5. The van der Waals surface area contributed by atoms with E-state index in [2.05, 4.69) is 23.7 Å². The molecule has 6 nitrogen and oxygen atoms in total. The molecule has 3 rings (SSSR count). The Hall–Kier alpha value is -2.25. The van der Waals surface area contributed by atoms with Crippen LogP contribution in [0.15, 0.2) is 46.1 Å². The summed E-state index contributed by atoms with van der Waals surface area (Å²) in [7, 11) is -3.81. The number of aromatic amines is 1. The van der Waals surface area contributed by atoms with Crippen molar-refractivity contribution in [2.24, 2.45) is 5.92 Å². The van der Waals surface area contributed by atoms with Gasteiger partial charge in [-0.25, -0.2) is 8.42 Å². The molecule has 8 heteroatoms. The third-order valence-electron chi connectivity index (χ3n) is 4.08. The number of hydrogen-bond acceptors (Lipinski definition) is 3. The second-order valence-corrected chi connectivity index (χ2v) is 8.70. The normalized spacial score (nSPS) is 12.0. The van der Waals surface area contributed by atoms with Crippen molar-refractivity contribution in [2.45, 2.75) is 32.2 Å². The Morgan fingerprint density at radius 3 is 2.65 bits per heavy atom. The van der Waals surface area contributed by atoms with Gasteiger partial charge >= 0.3 is 0 Å². The molecule has 0 fully saturated rings. The zero-order valence-electron chi connectivity index (χ0n) is 14.7. The van der Waals surface area contributed by atoms with E-state index in [9.17, 15) is 13.2 Å². The number of nitrogens with zero attached hydrogens (tertiary/aromatic N) is 1. The van der Waals surface area contributed by atoms with Crippen molar-refractivity contribution in [1.82, 2.24) is 9.78 Å². The van der Waals surface area contributed by atoms with Crippen LogP contribution in [0.25, 0.3) is 10.9 Å². The molecule has 0 unspecified atom stereocenters. The van der Waals surface area contributed by atoms with E-state index in [1.165, 1.54) is 6.07 Å². The third-order valence-corrected chi connectivity index (χ3v) is 6.01. The lowest BCUT2D eigenvalue weighted by atomic mass is 10.2. The van der Waals surface area contributed by atoms with Gasteiger partial charge < -0.3 is 0 Å². The van der Waals surface area contributed by atoms with Gasteiger partial charge in [-0.3, -0.25) is 19.3 Å². The van der Waals surface area contributed by atoms with Gasteiger partial charge in [0.1, 0.15) is 0 Å². The van der Waals surface area contributed by atoms with Crippen molar-refractivity contribution >= 4 is 38.2 Å². The van der Waals surface area contributed by atoms with Crippen LogP contribution in [0.3, 0.4) is 0 Å². The van der Waals surface area contributed by atoms with Crippen LogP contribution >= 0.6 is 11.6 Å². The number of hydrogen-bond donors (Lipinski definition) is 2. The molecule has 0 saturated carbocycles. The first-order valence-corrected chi connectivity index (χ1v) is 10.1. The van der Waals surface area contributed by atoms with Gasteiger partial charge in [0, 0.05) is 17.3 Å². The van der Waals surface area contributed by atoms with E-state index in [-0.39, 0.29) is 10.5 Å². The highest BCUT2D eigenvalue weighted by molar-refractivity contribution is 7.92. The van der Waals surface area contributed by atoms with Gasteiger partial charge in [0.15, 0.2) is 0 Å². The highest BCUT2D eigenvalue weighted by Crippen LogP contribution is 2.25. The summed E-state index contributed by atoms with van der Waals surface area (Å²) in [4.78, 5) is 12.3. The predicted octanol–water partition coefficient (Wildman–Crippen LogP) is 3.75. The van der Waals surface area contributed by atoms with Crippen LogP contribution in [0.1, 0.15) is 19.4 Å². The summed E-state index contributed by atoms with van der Waals surface area (Å²) in [6, 6.07) is 9.64. The predicted molar refractivity (Wildman–Crippen MR) is 104 cm³/mol. The van der Waals surface area contributed by atoms with Gasteiger partial charge in [-0.05, 0) is 48.7 Å². The summed E-state index contributed by atoms with van der Waals surface area (Å²) in [5, 5.41) is 3.61. The van der Waals surface area contributed by atoms with Gasteiger partial charge in [0.25, 0.3) is 15.6 Å². The second kappa shape index (κ2) is 6.81. The molecular formula is C18H20ClN3O3S. The molecule has 26 heavy (non-hydrogen) atoms. The van der Waals surface area contributed by atoms with Gasteiger partial charge in [-0.2, -0.15) is 0 Å². The monoisotopic (exact) mass is 393 g/mol. The van der Waals surface area contributed by atoms with Crippen LogP contribution < -0.4 is 10.3 Å². The molecule has 3 aromatic rings. The molecule has 0 radical (unpaired) electrons. The summed E-state index contributed by atoms with van der Waals surface area (Å²) in [5.41, 5.74) is 1.29. The van der Waals surface area contributed by atoms with Gasteiger partial charge in [0.05, 0.1) is 15.8 Å². The minimum absolute atomic E-state index is 0.108. The van der Waals surface area contributed by atoms with Crippen LogP contribution in [0, 0.1) is 12.8 Å². The first-order chi connectivity index (χ1) is 12.2. The number of nitrogens with one attached hydrogen (secondary N) is 2. The molecule has 0 amide bonds. The van der Waals surface area contributed by atoms with Crippen LogP contribution in [0.5, 0.6) is 0 Å². The Morgan fingerprint density at radius 1 is 1.23 bits per heavy atom. The Kier molecular flexibility index (Phi) is 4.86. The fourth-order valence-electron chi connectivity index (χ4n) is 2.86. The molecule has 0 aliphatic heterocycles. The first kappa shape index (κ1) is 18.5. The minimum atomic E-state index is -3.81. The Balaban J connectivity index is 2.00. The molecule has 0 aliphatic rings. The molecule has 0 spiro atoms. The zero-order valence-corrected chi connectivity index (χ0v) is 16.3. The molecular weight excluding hydrogens is 374 g/mol. The zero-order chi connectivity index (χ0) is 19.1. The van der Waals surface area contributed by atoms with Crippen molar-refractivity contribution in [1.29, 1.82) is 0 Å². The van der Waals surface area contributed by atoms with E-state index in [4.69, 9.17) is 11.6 Å². The second-order valence-electron chi connectivity index (χ2n) is 6.65. The molecule has 0 bridgehead atoms. The van der Waals surface area contributed by atoms with E-state index in [0.29, 0.717) is 34.1 Å². The number of fused-ring (bicyclic) bond motifs is 1. The lowest BCUT2D eigenvalue weighted by molar-refractivity contribution is 0.492. The van der Waals surface area contributed by atoms with Gasteiger partial charge in [-0.15, -0.1) is 0 Å². The maximum absolute atomic E-state index is 12.7. The standard InChI is InChI=1S/C18H20ClN3O3S/c1-11(2)10-22-16-8-7-13(9-14(16)18(23)20-22)21-26(24,25)17-6-4-5-15(19)12(17)3/h4-9,11,21H,10H2,1-3H3,(H,20,23). The van der Waals surface area contributed by atoms with Crippen molar-refractivity contribution in [3.05, 3.63) is 57.3 Å². The molecule has 1 aromatic heterocycles. The first-order valence-electron chi connectivity index (χ1n) is 8.19. The van der Waals surface area contributed by atoms with Gasteiger partial charge in [0.2, 0.25) is 0 Å². The molecule has 1 heterocycles. The topological polar surface area (TPSA) is 84.0 Å². The lowest BCUT2D eigenvalue weighted by Crippen LogP contribution is -2.14. The maximum atomic E-state index is 12.7. The number of aromatic nitrogens is 2. The molecule has 0 saturated heterocycles. The van der Waals surface area contributed by atoms with E-state index >= 15 is 0 Å². The average molecular weight is 394 g/mol. The fourth-order valence-corrected chi connectivity index (χ4v) is 4.41. The van der Waals surface area contributed by atoms with Crippen LogP contribution in [0.4, 0.5) is 5.69 Å². The van der Waals surface area contributed by atoms with E-state index in [1.807, 2.05) is 0 Å². The Bertz CT molecular complexity index is 1130. The molecule has 138 valence electrons. The van der Waals surface area contributed by atoms with Crippen LogP contribution in [-0.4, -0.2) is 18.2 Å². The summed E-state index contributed by atoms with van der Waals surface area (Å²) < 4.78 is 29.7. The number of sulfonamides is 1. The average Bonchev–Trinajstić information content (AvgIpc) is 2.84. The number of H-pyrrole nitrogens is 1. The van der Waals surface area contributed by atoms with Crippen molar-refractivity contribution in [3.63, 3.8) is 0 Å². The van der Waals surface area contributed by atoms with Gasteiger partial charge in [-0.1, -0.05) is 31.5 Å². The highest BCUT2D eigenvalue weighted by atomic mass is 35.5. The van der Waals surface area contributed by atoms with Crippen molar-refractivity contribution in [2.75, 3.05) is 4.72 Å². The smallest absolute Gasteiger partial charge is 0.272 e. The molecule has 0 aliphatic carbocycles. The Labute approximate surface area is 156 Å². The van der Waals surface area contributed by atoms with E-state index in [0.717, 1.165) is 5.52 Å². The van der Waals surface area contributed by atoms with Crippen LogP contribution in [-0.2, 0) is 16.6 Å². The summed E-state index contributed by atoms with van der Waals surface area (Å²) in [6.07, 6.45) is 0. The Morgan fingerprint density at radius 2 is 1.96 bits per heavy atom. The summed E-state index contributed by atoms with van der Waals surface area (Å²) in [5.74, 6) is 0.366. The number of anilines is 1. The SMILES string of the molecule is Cc1c(Cl)cccc1S(=O)(=O)Nc1ccc2c(c1)c(=O)[nH]n2CC(C)C. The van der Waals surface area contributed by atoms with Crippen LogP contribution in [0.2, 0.25) is 5.02 Å². The lowest BCUT2D eigenvalue weighted by Gasteiger charge is -2.12. The third kappa shape index (κ3) is 3.50. The van der Waals surface area contributed by atoms with Crippen molar-refractivity contribution in [3.8, 4) is 0 Å². The highest BCUT2D eigenvalue weighted by Gasteiger charge is 2.19. The van der Waals surface area contributed by atoms with E-state index < -0.39 is 10.0 Å². The minimum Gasteiger partial charge on any atom is -0.284 e. The van der Waals surface area contributed by atoms with E-state index in [1.54, 1.807) is 41.9 Å². The summed E-state index contributed by atoms with van der Waals surface area (Å²) >= 11 is 6.03. The quantitative estimate of drug-likeness (QED) is 0.692. The summed E-state index contributed by atoms with van der Waals surface area (Å²) in [6.45, 7) is 6.43. The number of halogens is 1. The fraction of sp³-hybridized carbons (Fsp3) is 0.278. The molecule has 2 N–H and O–H groups in total. The number of benzene rings is 2. The van der Waals surface area contributed by atoms with Crippen molar-refractivity contribution < 1.29 is 8.42 Å².